The molecule has 0 bridgehead atoms. The number of aromatic amines is 1. The van der Waals surface area contributed by atoms with Gasteiger partial charge in [-0.25, -0.2) is 14.4 Å². The molecule has 0 aliphatic carbocycles. The second kappa shape index (κ2) is 8.34. The number of carbonyl (C=O) groups excluding carboxylic acids is 1. The summed E-state index contributed by atoms with van der Waals surface area (Å²) in [5.41, 5.74) is 2.46. The molecule has 1 atom stereocenters. The van der Waals surface area contributed by atoms with Crippen molar-refractivity contribution in [2.45, 2.75) is 11.8 Å². The van der Waals surface area contributed by atoms with Crippen LogP contribution in [-0.4, -0.2) is 42.6 Å². The Morgan fingerprint density at radius 2 is 2.16 bits per heavy atom. The van der Waals surface area contributed by atoms with Crippen LogP contribution in [0.4, 0.5) is 21.7 Å². The van der Waals surface area contributed by atoms with Gasteiger partial charge in [0.15, 0.2) is 5.82 Å². The van der Waals surface area contributed by atoms with E-state index in [1.54, 1.807) is 43.2 Å². The molecule has 0 spiro atoms. The van der Waals surface area contributed by atoms with Crippen LogP contribution in [0.1, 0.15) is 6.92 Å². The number of ether oxygens (including phenoxy) is 1. The Bertz CT molecular complexity index is 1270. The molecule has 3 heterocycles. The number of nitrogens with zero attached hydrogens (tertiary/aromatic N) is 4. The number of fused-ring (bicyclic) bond motifs is 1. The Kier molecular flexibility index (Phi) is 5.59. The summed E-state index contributed by atoms with van der Waals surface area (Å²) < 4.78 is 21.5. The van der Waals surface area contributed by atoms with E-state index in [0.717, 1.165) is 6.20 Å². The molecule has 4 aromatic rings. The van der Waals surface area contributed by atoms with E-state index in [2.05, 4.69) is 46.6 Å². The molecule has 160 valence electrons. The first-order chi connectivity index (χ1) is 14.9. The van der Waals surface area contributed by atoms with Gasteiger partial charge in [-0.3, -0.25) is 9.48 Å². The van der Waals surface area contributed by atoms with Crippen molar-refractivity contribution in [1.82, 2.24) is 24.7 Å². The van der Waals surface area contributed by atoms with E-state index in [1.807, 2.05) is 6.07 Å². The first kappa shape index (κ1) is 20.8. The quantitative estimate of drug-likeness (QED) is 0.355. The average Bonchev–Trinajstić information content (AvgIpc) is 3.33. The summed E-state index contributed by atoms with van der Waals surface area (Å²) in [6.07, 6.45) is 4.46. The van der Waals surface area contributed by atoms with Crippen molar-refractivity contribution in [2.24, 2.45) is 7.05 Å². The first-order valence-electron chi connectivity index (χ1n) is 9.30. The third kappa shape index (κ3) is 4.08. The zero-order valence-corrected chi connectivity index (χ0v) is 18.5. The molecule has 3 aromatic heterocycles. The van der Waals surface area contributed by atoms with Crippen molar-refractivity contribution in [3.63, 3.8) is 0 Å². The second-order valence-electron chi connectivity index (χ2n) is 6.78. The maximum atomic E-state index is 14.7. The molecule has 0 aliphatic heterocycles. The molecule has 3 N–H and O–H groups in total. The number of para-hydroxylation sites is 1. The summed E-state index contributed by atoms with van der Waals surface area (Å²) in [6, 6.07) is 5.38. The SMILES string of the molecule is COc1nn(C)cc1Nc1ncc(F)c(-c2c[nH]c3c(NC(=O)C(C)Br)cccc23)n1. The summed E-state index contributed by atoms with van der Waals surface area (Å²) in [4.78, 5) is 23.2. The minimum atomic E-state index is -0.576. The number of hydrogen-bond donors (Lipinski definition) is 3. The van der Waals surface area contributed by atoms with Gasteiger partial charge in [-0.15, -0.1) is 5.10 Å². The maximum absolute atomic E-state index is 14.7. The van der Waals surface area contributed by atoms with Gasteiger partial charge in [0, 0.05) is 24.2 Å². The number of nitrogens with one attached hydrogen (secondary N) is 3. The molecular weight excluding hydrogens is 469 g/mol. The zero-order valence-electron chi connectivity index (χ0n) is 16.9. The standard InChI is InChI=1S/C20H19BrFN7O2/c1-10(21)18(30)25-14-6-4-5-11-12(7-23-17(11)14)16-13(22)8-24-20(27-16)26-15-9-29(2)28-19(15)31-3/h4-10,23H,1-3H3,(H,25,30)(H,24,26,27). The molecule has 11 heteroatoms. The highest BCUT2D eigenvalue weighted by Gasteiger charge is 2.18. The topological polar surface area (TPSA) is 110 Å². The number of methoxy groups -OCH3 is 1. The fourth-order valence-electron chi connectivity index (χ4n) is 3.13. The highest BCUT2D eigenvalue weighted by molar-refractivity contribution is 9.10. The van der Waals surface area contributed by atoms with Gasteiger partial charge in [0.05, 0.1) is 35.5 Å². The first-order valence-corrected chi connectivity index (χ1v) is 10.2. The normalized spacial score (nSPS) is 12.0. The Morgan fingerprint density at radius 3 is 2.90 bits per heavy atom. The smallest absolute Gasteiger partial charge is 0.256 e. The van der Waals surface area contributed by atoms with E-state index >= 15 is 0 Å². The molecule has 0 radical (unpaired) electrons. The third-order valence-corrected chi connectivity index (χ3v) is 4.98. The van der Waals surface area contributed by atoms with Crippen molar-refractivity contribution < 1.29 is 13.9 Å². The largest absolute Gasteiger partial charge is 0.478 e. The molecule has 1 aromatic carbocycles. The van der Waals surface area contributed by atoms with Crippen molar-refractivity contribution in [3.8, 4) is 17.1 Å². The number of amides is 1. The molecule has 4 rings (SSSR count). The predicted molar refractivity (Wildman–Crippen MR) is 119 cm³/mol. The van der Waals surface area contributed by atoms with Gasteiger partial charge in [0.1, 0.15) is 11.4 Å². The highest BCUT2D eigenvalue weighted by Crippen LogP contribution is 2.33. The van der Waals surface area contributed by atoms with Gasteiger partial charge in [0.2, 0.25) is 11.9 Å². The number of carbonyl (C=O) groups is 1. The van der Waals surface area contributed by atoms with Crippen molar-refractivity contribution in [2.75, 3.05) is 17.7 Å². The van der Waals surface area contributed by atoms with Crippen LogP contribution >= 0.6 is 15.9 Å². The Hall–Kier alpha value is -3.47. The summed E-state index contributed by atoms with van der Waals surface area (Å²) in [6.45, 7) is 1.73. The lowest BCUT2D eigenvalue weighted by molar-refractivity contribution is -0.115. The van der Waals surface area contributed by atoms with Crippen LogP contribution in [0.2, 0.25) is 0 Å². The molecule has 0 aliphatic rings. The van der Waals surface area contributed by atoms with Crippen LogP contribution in [0, 0.1) is 5.82 Å². The fraction of sp³-hybridized carbons (Fsp3) is 0.200. The lowest BCUT2D eigenvalue weighted by Crippen LogP contribution is -2.19. The number of aryl methyl sites for hydroxylation is 1. The number of anilines is 3. The van der Waals surface area contributed by atoms with Gasteiger partial charge in [-0.05, 0) is 13.0 Å². The van der Waals surface area contributed by atoms with Crippen LogP contribution in [0.15, 0.2) is 36.8 Å². The fourth-order valence-corrected chi connectivity index (χ4v) is 3.24. The second-order valence-corrected chi connectivity index (χ2v) is 8.15. The number of hydrogen-bond acceptors (Lipinski definition) is 6. The summed E-state index contributed by atoms with van der Waals surface area (Å²) in [5, 5.41) is 10.7. The van der Waals surface area contributed by atoms with Gasteiger partial charge in [-0.2, -0.15) is 0 Å². The lowest BCUT2D eigenvalue weighted by Gasteiger charge is -2.09. The number of H-pyrrole nitrogens is 1. The minimum Gasteiger partial charge on any atom is -0.478 e. The Balaban J connectivity index is 1.73. The van der Waals surface area contributed by atoms with Gasteiger partial charge >= 0.3 is 0 Å². The average molecular weight is 488 g/mol. The zero-order chi connectivity index (χ0) is 22.1. The Morgan fingerprint density at radius 1 is 1.35 bits per heavy atom. The van der Waals surface area contributed by atoms with Crippen LogP contribution in [0.3, 0.4) is 0 Å². The number of rotatable bonds is 6. The van der Waals surface area contributed by atoms with Crippen LogP contribution < -0.4 is 15.4 Å². The number of alkyl halides is 1. The van der Waals surface area contributed by atoms with Crippen molar-refractivity contribution in [3.05, 3.63) is 42.6 Å². The maximum Gasteiger partial charge on any atom is 0.256 e. The molecule has 9 nitrogen and oxygen atoms in total. The van der Waals surface area contributed by atoms with Crippen molar-refractivity contribution >= 4 is 50.1 Å². The molecule has 1 amide bonds. The number of halogens is 2. The number of aromatic nitrogens is 5. The monoisotopic (exact) mass is 487 g/mol. The predicted octanol–water partition coefficient (Wildman–Crippen LogP) is 3.97. The molecule has 1 unspecified atom stereocenters. The highest BCUT2D eigenvalue weighted by atomic mass is 79.9. The van der Waals surface area contributed by atoms with Gasteiger partial charge in [-0.1, -0.05) is 28.1 Å². The van der Waals surface area contributed by atoms with E-state index in [9.17, 15) is 9.18 Å². The van der Waals surface area contributed by atoms with Crippen LogP contribution in [0.5, 0.6) is 5.88 Å². The van der Waals surface area contributed by atoms with E-state index in [1.165, 1.54) is 7.11 Å². The number of benzene rings is 1. The molecule has 0 saturated heterocycles. The lowest BCUT2D eigenvalue weighted by atomic mass is 10.1. The Labute approximate surface area is 185 Å². The molecular formula is C20H19BrFN7O2. The molecule has 0 fully saturated rings. The molecule has 0 saturated carbocycles. The minimum absolute atomic E-state index is 0.115. The van der Waals surface area contributed by atoms with E-state index in [4.69, 9.17) is 4.74 Å². The van der Waals surface area contributed by atoms with Gasteiger partial charge < -0.3 is 20.4 Å². The van der Waals surface area contributed by atoms with Crippen LogP contribution in [0.25, 0.3) is 22.2 Å². The third-order valence-electron chi connectivity index (χ3n) is 4.57. The van der Waals surface area contributed by atoms with Crippen LogP contribution in [-0.2, 0) is 11.8 Å². The van der Waals surface area contributed by atoms with E-state index in [0.29, 0.717) is 33.7 Å². The van der Waals surface area contributed by atoms with Crippen molar-refractivity contribution in [1.29, 1.82) is 0 Å². The van der Waals surface area contributed by atoms with E-state index in [-0.39, 0.29) is 22.4 Å². The summed E-state index contributed by atoms with van der Waals surface area (Å²) in [5.74, 6) is -0.206. The van der Waals surface area contributed by atoms with E-state index < -0.39 is 5.82 Å². The summed E-state index contributed by atoms with van der Waals surface area (Å²) >= 11 is 3.25. The van der Waals surface area contributed by atoms with Gasteiger partial charge in [0.25, 0.3) is 5.88 Å². The molecule has 31 heavy (non-hydrogen) atoms. The summed E-state index contributed by atoms with van der Waals surface area (Å²) in [7, 11) is 3.26.